The summed E-state index contributed by atoms with van der Waals surface area (Å²) in [5, 5.41) is 0. The zero-order valence-corrected chi connectivity index (χ0v) is 20.7. The van der Waals surface area contributed by atoms with E-state index in [0.717, 1.165) is 54.8 Å². The van der Waals surface area contributed by atoms with Gasteiger partial charge in [0, 0.05) is 12.7 Å². The van der Waals surface area contributed by atoms with Gasteiger partial charge in [0.15, 0.2) is 5.96 Å². The molecule has 0 aliphatic heterocycles. The highest BCUT2D eigenvalue weighted by Crippen LogP contribution is 2.34. The van der Waals surface area contributed by atoms with Crippen molar-refractivity contribution in [2.75, 3.05) is 0 Å². The Balaban J connectivity index is 0.00000274. The first-order chi connectivity index (χ1) is 16.2. The van der Waals surface area contributed by atoms with E-state index in [0.29, 0.717) is 6.54 Å². The molecule has 2 aromatic carbocycles. The molecule has 0 fully saturated rings. The number of hydrogen-bond donors (Lipinski definition) is 3. The number of aromatic nitrogens is 3. The first-order valence-electron chi connectivity index (χ1n) is 11.4. The predicted molar refractivity (Wildman–Crippen MR) is 142 cm³/mol. The third-order valence-corrected chi connectivity index (χ3v) is 6.25. The van der Waals surface area contributed by atoms with Crippen LogP contribution in [0.3, 0.4) is 0 Å². The smallest absolute Gasteiger partial charge is 0.186 e. The average molecular weight is 520 g/mol. The fraction of sp³-hybridized carbons (Fsp3) is 0.269. The van der Waals surface area contributed by atoms with Crippen molar-refractivity contribution in [3.05, 3.63) is 95.1 Å². The molecule has 0 saturated heterocycles. The Morgan fingerprint density at radius 2 is 1.79 bits per heavy atom. The van der Waals surface area contributed by atoms with E-state index in [1.54, 1.807) is 0 Å². The second-order valence-electron chi connectivity index (χ2n) is 8.62. The lowest BCUT2D eigenvalue weighted by Gasteiger charge is -2.34. The van der Waals surface area contributed by atoms with Gasteiger partial charge in [0.05, 0.1) is 35.9 Å². The van der Waals surface area contributed by atoms with Gasteiger partial charge in [-0.3, -0.25) is 9.88 Å². The molecule has 176 valence electrons. The van der Waals surface area contributed by atoms with Crippen LogP contribution in [0.4, 0.5) is 0 Å². The van der Waals surface area contributed by atoms with Crippen LogP contribution in [-0.2, 0) is 26.1 Å². The molecule has 2 aromatic heterocycles. The summed E-state index contributed by atoms with van der Waals surface area (Å²) in [7, 11) is 0. The number of pyridine rings is 1. The fourth-order valence-corrected chi connectivity index (χ4v) is 4.66. The molecule has 8 heteroatoms. The summed E-state index contributed by atoms with van der Waals surface area (Å²) in [5.74, 6) is 1.09. The number of halogens is 1. The normalized spacial score (nSPS) is 15.0. The van der Waals surface area contributed by atoms with E-state index in [2.05, 4.69) is 51.3 Å². The summed E-state index contributed by atoms with van der Waals surface area (Å²) in [5.41, 5.74) is 17.9. The number of fused-ring (bicyclic) bond motifs is 2. The van der Waals surface area contributed by atoms with Crippen molar-refractivity contribution < 1.29 is 0 Å². The van der Waals surface area contributed by atoms with Crippen LogP contribution in [0.1, 0.15) is 47.1 Å². The van der Waals surface area contributed by atoms with Crippen LogP contribution in [0, 0.1) is 0 Å². The Bertz CT molecular complexity index is 1230. The molecule has 1 aliphatic carbocycles. The summed E-state index contributed by atoms with van der Waals surface area (Å²) in [6, 6.07) is 21.2. The zero-order chi connectivity index (χ0) is 22.6. The lowest BCUT2D eigenvalue weighted by atomic mass is 9.90. The number of hydrogen-bond acceptors (Lipinski definition) is 4. The molecule has 0 bridgehead atoms. The number of benzene rings is 2. The highest BCUT2D eigenvalue weighted by Gasteiger charge is 2.28. The van der Waals surface area contributed by atoms with Crippen molar-refractivity contribution in [1.82, 2.24) is 19.9 Å². The van der Waals surface area contributed by atoms with Crippen molar-refractivity contribution >= 4 is 34.0 Å². The third-order valence-electron chi connectivity index (χ3n) is 6.25. The Morgan fingerprint density at radius 3 is 2.59 bits per heavy atom. The molecule has 7 nitrogen and oxygen atoms in total. The Kier molecular flexibility index (Phi) is 7.59. The van der Waals surface area contributed by atoms with Crippen molar-refractivity contribution in [1.29, 1.82) is 0 Å². The topological polar surface area (TPSA) is 109 Å². The quantitative estimate of drug-likeness (QED) is 0.247. The van der Waals surface area contributed by atoms with E-state index >= 15 is 0 Å². The molecule has 1 aliphatic rings. The van der Waals surface area contributed by atoms with E-state index in [1.165, 1.54) is 16.8 Å². The molecular formula is C26H30BrN7. The van der Waals surface area contributed by atoms with Crippen molar-refractivity contribution in [2.24, 2.45) is 16.5 Å². The number of guanidine groups is 1. The predicted octanol–water partition coefficient (Wildman–Crippen LogP) is 4.39. The maximum absolute atomic E-state index is 5.47. The molecule has 0 spiro atoms. The molecule has 2 heterocycles. The van der Waals surface area contributed by atoms with Crippen molar-refractivity contribution in [2.45, 2.75) is 44.9 Å². The Hall–Kier alpha value is -3.23. The summed E-state index contributed by atoms with van der Waals surface area (Å²) >= 11 is 0. The molecule has 4 aromatic rings. The lowest BCUT2D eigenvalue weighted by molar-refractivity contribution is 0.153. The largest absolute Gasteiger partial charge is 0.370 e. The van der Waals surface area contributed by atoms with E-state index in [1.807, 2.05) is 30.5 Å². The molecule has 0 radical (unpaired) electrons. The van der Waals surface area contributed by atoms with Gasteiger partial charge in [-0.1, -0.05) is 42.5 Å². The highest BCUT2D eigenvalue weighted by molar-refractivity contribution is 8.93. The number of para-hydroxylation sites is 2. The molecule has 5 N–H and O–H groups in total. The monoisotopic (exact) mass is 519 g/mol. The summed E-state index contributed by atoms with van der Waals surface area (Å²) in [6.45, 7) is 2.02. The van der Waals surface area contributed by atoms with Crippen LogP contribution >= 0.6 is 17.0 Å². The molecule has 1 unspecified atom stereocenters. The SMILES string of the molecule is Br.NC(N)=NCc1ccc(CN(Cc2nc3ccccc3[nH]2)C2CCCc3cccnc32)cc1. The van der Waals surface area contributed by atoms with Crippen LogP contribution in [0.2, 0.25) is 0 Å². The standard InChI is InChI=1S/C26H29N7.BrH/c27-26(28)30-15-18-10-12-19(13-11-18)16-33(17-24-31-21-7-1-2-8-22(21)32-24)23-9-3-5-20-6-4-14-29-25(20)23;/h1-2,4,6-8,10-14,23H,3,5,9,15-17H2,(H,31,32)(H4,27,28,30);1H. The van der Waals surface area contributed by atoms with Gasteiger partial charge in [-0.2, -0.15) is 0 Å². The number of aromatic amines is 1. The van der Waals surface area contributed by atoms with Crippen LogP contribution in [0.25, 0.3) is 11.0 Å². The number of aliphatic imine (C=N–C) groups is 1. The van der Waals surface area contributed by atoms with E-state index in [9.17, 15) is 0 Å². The van der Waals surface area contributed by atoms with Crippen LogP contribution in [0.15, 0.2) is 71.9 Å². The number of rotatable bonds is 7. The number of nitrogens with one attached hydrogen (secondary N) is 1. The first kappa shape index (κ1) is 23.9. The number of imidazole rings is 1. The fourth-order valence-electron chi connectivity index (χ4n) is 4.66. The van der Waals surface area contributed by atoms with Crippen LogP contribution in [-0.4, -0.2) is 25.8 Å². The van der Waals surface area contributed by atoms with E-state index in [-0.39, 0.29) is 29.0 Å². The van der Waals surface area contributed by atoms with Gasteiger partial charge in [0.2, 0.25) is 0 Å². The van der Waals surface area contributed by atoms with Gasteiger partial charge in [-0.05, 0) is 54.2 Å². The van der Waals surface area contributed by atoms with Gasteiger partial charge >= 0.3 is 0 Å². The number of nitrogens with two attached hydrogens (primary N) is 2. The summed E-state index contributed by atoms with van der Waals surface area (Å²) in [4.78, 5) is 19.7. The number of H-pyrrole nitrogens is 1. The second kappa shape index (κ2) is 10.8. The maximum Gasteiger partial charge on any atom is 0.186 e. The number of nitrogens with zero attached hydrogens (tertiary/aromatic N) is 4. The average Bonchev–Trinajstić information content (AvgIpc) is 3.25. The van der Waals surface area contributed by atoms with Gasteiger partial charge in [-0.25, -0.2) is 9.98 Å². The van der Waals surface area contributed by atoms with E-state index < -0.39 is 0 Å². The van der Waals surface area contributed by atoms with Crippen molar-refractivity contribution in [3.63, 3.8) is 0 Å². The lowest BCUT2D eigenvalue weighted by Crippen LogP contribution is -2.31. The van der Waals surface area contributed by atoms with Crippen molar-refractivity contribution in [3.8, 4) is 0 Å². The molecular weight excluding hydrogens is 490 g/mol. The first-order valence-corrected chi connectivity index (χ1v) is 11.4. The van der Waals surface area contributed by atoms with Gasteiger partial charge < -0.3 is 16.5 Å². The summed E-state index contributed by atoms with van der Waals surface area (Å²) in [6.07, 6.45) is 5.26. The van der Waals surface area contributed by atoms with Crippen LogP contribution < -0.4 is 11.5 Å². The minimum absolute atomic E-state index is 0. The third kappa shape index (κ3) is 5.46. The maximum atomic E-state index is 5.47. The molecule has 5 rings (SSSR count). The van der Waals surface area contributed by atoms with Gasteiger partial charge in [0.1, 0.15) is 5.82 Å². The van der Waals surface area contributed by atoms with Gasteiger partial charge in [0.25, 0.3) is 0 Å². The Morgan fingerprint density at radius 1 is 1.00 bits per heavy atom. The van der Waals surface area contributed by atoms with E-state index in [4.69, 9.17) is 21.4 Å². The summed E-state index contributed by atoms with van der Waals surface area (Å²) < 4.78 is 0. The van der Waals surface area contributed by atoms with Gasteiger partial charge in [-0.15, -0.1) is 17.0 Å². The second-order valence-corrected chi connectivity index (χ2v) is 8.62. The highest BCUT2D eigenvalue weighted by atomic mass is 79.9. The zero-order valence-electron chi connectivity index (χ0n) is 19.0. The molecule has 34 heavy (non-hydrogen) atoms. The number of aryl methyl sites for hydroxylation is 1. The molecule has 0 amide bonds. The minimum Gasteiger partial charge on any atom is -0.370 e. The minimum atomic E-state index is 0. The molecule has 1 atom stereocenters. The molecule has 0 saturated carbocycles. The van der Waals surface area contributed by atoms with Crippen LogP contribution in [0.5, 0.6) is 0 Å². The Labute approximate surface area is 210 Å².